The molecule has 250 valence electrons. The first-order valence-corrected chi connectivity index (χ1v) is 17.3. The molecule has 0 fully saturated rings. The summed E-state index contributed by atoms with van der Waals surface area (Å²) in [5.41, 5.74) is 4.74. The molecular formula is C43H35BrO6. The van der Waals surface area contributed by atoms with Gasteiger partial charge in [-0.05, 0) is 52.1 Å². The molecule has 0 aliphatic heterocycles. The highest BCUT2D eigenvalue weighted by Gasteiger charge is 2.30. The third-order valence-corrected chi connectivity index (χ3v) is 8.55. The molecule has 6 aromatic carbocycles. The molecule has 6 rings (SSSR count). The van der Waals surface area contributed by atoms with Crippen molar-refractivity contribution in [2.45, 2.75) is 31.8 Å². The van der Waals surface area contributed by atoms with Crippen LogP contribution in [0.4, 0.5) is 0 Å². The van der Waals surface area contributed by atoms with E-state index in [9.17, 15) is 4.79 Å². The molecule has 0 bridgehead atoms. The minimum Gasteiger partial charge on any atom is -0.488 e. The first kappa shape index (κ1) is 34.2. The monoisotopic (exact) mass is 726 g/mol. The molecule has 0 saturated carbocycles. The van der Waals surface area contributed by atoms with Crippen LogP contribution in [0.15, 0.2) is 152 Å². The molecule has 6 aromatic rings. The highest BCUT2D eigenvalue weighted by molar-refractivity contribution is 9.08. The van der Waals surface area contributed by atoms with Crippen LogP contribution in [0.25, 0.3) is 0 Å². The lowest BCUT2D eigenvalue weighted by Crippen LogP contribution is -2.17. The molecule has 0 heterocycles. The number of hydrogen-bond acceptors (Lipinski definition) is 6. The third kappa shape index (κ3) is 8.87. The Morgan fingerprint density at radius 2 is 0.860 bits per heavy atom. The summed E-state index contributed by atoms with van der Waals surface area (Å²) in [5.74, 6) is -0.271. The van der Waals surface area contributed by atoms with Crippen LogP contribution in [-0.2, 0) is 36.5 Å². The number of hydrogen-bond donors (Lipinski definition) is 0. The lowest BCUT2D eigenvalue weighted by Gasteiger charge is -2.20. The van der Waals surface area contributed by atoms with Gasteiger partial charge < -0.3 is 18.9 Å². The van der Waals surface area contributed by atoms with Crippen LogP contribution in [-0.4, -0.2) is 11.8 Å². The van der Waals surface area contributed by atoms with Crippen molar-refractivity contribution in [1.82, 2.24) is 0 Å². The predicted octanol–water partition coefficient (Wildman–Crippen LogP) is 9.91. The molecule has 7 heteroatoms. The lowest BCUT2D eigenvalue weighted by atomic mass is 9.95. The summed E-state index contributed by atoms with van der Waals surface area (Å²) in [7, 11) is 0. The molecule has 0 amide bonds. The molecule has 0 aromatic heterocycles. The van der Waals surface area contributed by atoms with E-state index in [1.165, 1.54) is 0 Å². The summed E-state index contributed by atoms with van der Waals surface area (Å²) in [6, 6.07) is 47.0. The van der Waals surface area contributed by atoms with Crippen LogP contribution < -0.4 is 14.2 Å². The summed E-state index contributed by atoms with van der Waals surface area (Å²) in [5, 5.41) is 0.499. The maximum atomic E-state index is 15.1. The molecule has 0 N–H and O–H groups in total. The Labute approximate surface area is 300 Å². The van der Waals surface area contributed by atoms with Crippen molar-refractivity contribution in [3.05, 3.63) is 196 Å². The quantitative estimate of drug-likeness (QED) is 0.0596. The van der Waals surface area contributed by atoms with E-state index in [1.807, 2.05) is 133 Å². The van der Waals surface area contributed by atoms with Crippen molar-refractivity contribution < 1.29 is 28.5 Å². The van der Waals surface area contributed by atoms with Gasteiger partial charge in [0.2, 0.25) is 5.78 Å². The SMILES string of the molecule is O=C(OCc1ccccc1)c1cccc(OCc2ccccc2)c1C(=O)c1c(OCc2ccccc2)cc(CBr)cc1OCc1ccccc1. The van der Waals surface area contributed by atoms with Crippen LogP contribution in [0.5, 0.6) is 17.2 Å². The normalized spacial score (nSPS) is 10.7. The molecule has 50 heavy (non-hydrogen) atoms. The Bertz CT molecular complexity index is 1950. The largest absolute Gasteiger partial charge is 0.488 e. The number of alkyl halides is 1. The van der Waals surface area contributed by atoms with Gasteiger partial charge >= 0.3 is 5.97 Å². The minimum absolute atomic E-state index is 0.0409. The standard InChI is InChI=1S/C43H35BrO6/c44-26-35-24-38(48-28-32-16-7-2-8-17-32)41(39(25-35)49-29-33-18-9-3-10-19-33)42(45)40-36(43(46)50-30-34-20-11-4-12-21-34)22-13-23-37(40)47-27-31-14-5-1-6-15-31/h1-25H,26-30H2. The molecule has 6 nitrogen and oxygen atoms in total. The predicted molar refractivity (Wildman–Crippen MR) is 197 cm³/mol. The smallest absolute Gasteiger partial charge is 0.339 e. The average molecular weight is 728 g/mol. The fraction of sp³-hybridized carbons (Fsp3) is 0.116. The van der Waals surface area contributed by atoms with Gasteiger partial charge in [-0.2, -0.15) is 0 Å². The summed E-state index contributed by atoms with van der Waals surface area (Å²) in [4.78, 5) is 28.9. The number of esters is 1. The Hall–Kier alpha value is -5.66. The van der Waals surface area contributed by atoms with Gasteiger partial charge in [0.1, 0.15) is 49.2 Å². The molecule has 0 aliphatic carbocycles. The van der Waals surface area contributed by atoms with E-state index in [-0.39, 0.29) is 48.9 Å². The molecule has 0 unspecified atom stereocenters. The van der Waals surface area contributed by atoms with Crippen LogP contribution in [0.3, 0.4) is 0 Å². The Balaban J connectivity index is 1.44. The summed E-state index contributed by atoms with van der Waals surface area (Å²) >= 11 is 3.57. The Kier molecular flexibility index (Phi) is 11.7. The fourth-order valence-electron chi connectivity index (χ4n) is 5.36. The van der Waals surface area contributed by atoms with E-state index in [1.54, 1.807) is 18.2 Å². The van der Waals surface area contributed by atoms with Crippen LogP contribution in [0.1, 0.15) is 54.1 Å². The third-order valence-electron chi connectivity index (χ3n) is 7.90. The minimum atomic E-state index is -0.655. The van der Waals surface area contributed by atoms with Crippen molar-refractivity contribution in [2.24, 2.45) is 0 Å². The summed E-state index contributed by atoms with van der Waals surface area (Å²) < 4.78 is 24.8. The molecule has 0 saturated heterocycles. The second kappa shape index (κ2) is 17.1. The van der Waals surface area contributed by atoms with Crippen molar-refractivity contribution >= 4 is 27.7 Å². The fourth-order valence-corrected chi connectivity index (χ4v) is 5.68. The van der Waals surface area contributed by atoms with Gasteiger partial charge in [-0.1, -0.05) is 143 Å². The van der Waals surface area contributed by atoms with E-state index in [0.29, 0.717) is 16.8 Å². The Morgan fingerprint density at radius 1 is 0.440 bits per heavy atom. The second-order valence-corrected chi connectivity index (χ2v) is 12.1. The zero-order chi connectivity index (χ0) is 34.5. The number of ketones is 1. The lowest BCUT2D eigenvalue weighted by molar-refractivity contribution is 0.0469. The van der Waals surface area contributed by atoms with Gasteiger partial charge in [-0.15, -0.1) is 0 Å². The van der Waals surface area contributed by atoms with Crippen molar-refractivity contribution in [2.75, 3.05) is 0 Å². The molecular weight excluding hydrogens is 692 g/mol. The van der Waals surface area contributed by atoms with E-state index in [0.717, 1.165) is 27.8 Å². The summed E-state index contributed by atoms with van der Waals surface area (Å²) in [6.07, 6.45) is 0. The molecule has 0 radical (unpaired) electrons. The van der Waals surface area contributed by atoms with Crippen LogP contribution >= 0.6 is 15.9 Å². The zero-order valence-corrected chi connectivity index (χ0v) is 28.9. The number of ether oxygens (including phenoxy) is 4. The highest BCUT2D eigenvalue weighted by atomic mass is 79.9. The van der Waals surface area contributed by atoms with Crippen LogP contribution in [0.2, 0.25) is 0 Å². The average Bonchev–Trinajstić information content (AvgIpc) is 3.18. The molecule has 0 aliphatic rings. The van der Waals surface area contributed by atoms with Crippen LogP contribution in [0, 0.1) is 0 Å². The van der Waals surface area contributed by atoms with E-state index >= 15 is 4.79 Å². The number of rotatable bonds is 15. The second-order valence-electron chi connectivity index (χ2n) is 11.5. The van der Waals surface area contributed by atoms with E-state index in [4.69, 9.17) is 18.9 Å². The first-order valence-electron chi connectivity index (χ1n) is 16.2. The van der Waals surface area contributed by atoms with Gasteiger partial charge in [0.15, 0.2) is 0 Å². The van der Waals surface area contributed by atoms with Gasteiger partial charge in [0, 0.05) is 5.33 Å². The van der Waals surface area contributed by atoms with E-state index < -0.39 is 11.8 Å². The highest BCUT2D eigenvalue weighted by Crippen LogP contribution is 2.38. The van der Waals surface area contributed by atoms with Gasteiger partial charge in [-0.3, -0.25) is 4.79 Å². The van der Waals surface area contributed by atoms with Gasteiger partial charge in [0.05, 0.1) is 11.1 Å². The van der Waals surface area contributed by atoms with Gasteiger partial charge in [-0.25, -0.2) is 4.79 Å². The number of benzene rings is 6. The maximum Gasteiger partial charge on any atom is 0.339 e. The van der Waals surface area contributed by atoms with E-state index in [2.05, 4.69) is 15.9 Å². The zero-order valence-electron chi connectivity index (χ0n) is 27.3. The summed E-state index contributed by atoms with van der Waals surface area (Å²) in [6.45, 7) is 0.645. The van der Waals surface area contributed by atoms with Gasteiger partial charge in [0.25, 0.3) is 0 Å². The topological polar surface area (TPSA) is 71.1 Å². The number of carbonyl (C=O) groups excluding carboxylic acids is 2. The van der Waals surface area contributed by atoms with Crippen molar-refractivity contribution in [3.8, 4) is 17.2 Å². The molecule has 0 spiro atoms. The first-order chi connectivity index (χ1) is 24.6. The van der Waals surface area contributed by atoms with Crippen molar-refractivity contribution in [1.29, 1.82) is 0 Å². The van der Waals surface area contributed by atoms with Crippen molar-refractivity contribution in [3.63, 3.8) is 0 Å². The number of carbonyl (C=O) groups is 2. The number of halogens is 1. The maximum absolute atomic E-state index is 15.1. The molecule has 0 atom stereocenters. The Morgan fingerprint density at radius 3 is 1.30 bits per heavy atom.